The van der Waals surface area contributed by atoms with E-state index in [1.165, 1.54) is 22.3 Å². The lowest BCUT2D eigenvalue weighted by molar-refractivity contribution is 1.18. The van der Waals surface area contributed by atoms with Crippen LogP contribution in [0.2, 0.25) is 0 Å². The largest absolute Gasteiger partial charge is 0.399 e. The van der Waals surface area contributed by atoms with Crippen LogP contribution in [0.1, 0.15) is 29.2 Å². The van der Waals surface area contributed by atoms with Gasteiger partial charge in [0.05, 0.1) is 0 Å². The Hall–Kier alpha value is -2.02. The van der Waals surface area contributed by atoms with E-state index in [1.807, 2.05) is 19.1 Å². The molecule has 0 aliphatic rings. The normalized spacial score (nSPS) is 10.3. The van der Waals surface area contributed by atoms with Crippen LogP contribution in [-0.4, -0.2) is 0 Å². The first-order chi connectivity index (χ1) is 8.54. The van der Waals surface area contributed by atoms with Gasteiger partial charge in [0.25, 0.3) is 0 Å². The van der Waals surface area contributed by atoms with Crippen molar-refractivity contribution in [1.29, 1.82) is 0 Å². The van der Waals surface area contributed by atoms with Crippen LogP contribution in [0.15, 0.2) is 49.0 Å². The molecule has 18 heavy (non-hydrogen) atoms. The number of benzene rings is 2. The molecule has 0 unspecified atom stereocenters. The number of nitrogen functional groups attached to an aromatic ring is 1. The fourth-order valence-corrected chi connectivity index (χ4v) is 2.14. The summed E-state index contributed by atoms with van der Waals surface area (Å²) in [5.74, 6) is 0. The molecule has 0 saturated heterocycles. The number of hydrogen-bond acceptors (Lipinski definition) is 1. The van der Waals surface area contributed by atoms with Gasteiger partial charge in [-0.3, -0.25) is 0 Å². The van der Waals surface area contributed by atoms with E-state index in [4.69, 9.17) is 5.73 Å². The van der Waals surface area contributed by atoms with Gasteiger partial charge in [-0.1, -0.05) is 42.5 Å². The first-order valence-electron chi connectivity index (χ1n) is 6.15. The maximum atomic E-state index is 5.87. The zero-order valence-corrected chi connectivity index (χ0v) is 11.0. The first kappa shape index (κ1) is 12.4. The molecule has 92 valence electrons. The first-order valence-corrected chi connectivity index (χ1v) is 6.15. The fourth-order valence-electron chi connectivity index (χ4n) is 2.14. The molecule has 0 aromatic heterocycles. The Balaban J connectivity index is 2.20. The Kier molecular flexibility index (Phi) is 3.52. The lowest BCUT2D eigenvalue weighted by Gasteiger charge is -2.06. The van der Waals surface area contributed by atoms with Crippen molar-refractivity contribution in [2.24, 2.45) is 0 Å². The van der Waals surface area contributed by atoms with Gasteiger partial charge in [0, 0.05) is 5.69 Å². The number of nitrogens with two attached hydrogens (primary N) is 1. The van der Waals surface area contributed by atoms with E-state index in [2.05, 4.69) is 43.8 Å². The van der Waals surface area contributed by atoms with Crippen LogP contribution in [0, 0.1) is 6.92 Å². The Labute approximate surface area is 109 Å². The van der Waals surface area contributed by atoms with Gasteiger partial charge in [-0.2, -0.15) is 0 Å². The Morgan fingerprint density at radius 3 is 2.28 bits per heavy atom. The van der Waals surface area contributed by atoms with Gasteiger partial charge in [-0.05, 0) is 54.7 Å². The monoisotopic (exact) mass is 237 g/mol. The van der Waals surface area contributed by atoms with E-state index in [0.29, 0.717) is 0 Å². The van der Waals surface area contributed by atoms with Crippen molar-refractivity contribution in [1.82, 2.24) is 0 Å². The Morgan fingerprint density at radius 1 is 1.06 bits per heavy atom. The van der Waals surface area contributed by atoms with Gasteiger partial charge in [-0.15, -0.1) is 0 Å². The summed E-state index contributed by atoms with van der Waals surface area (Å²) in [5.41, 5.74) is 12.8. The summed E-state index contributed by atoms with van der Waals surface area (Å²) >= 11 is 0. The smallest absolute Gasteiger partial charge is 0.0319 e. The lowest BCUT2D eigenvalue weighted by atomic mass is 10.00. The van der Waals surface area contributed by atoms with Crippen molar-refractivity contribution < 1.29 is 0 Å². The number of rotatable bonds is 3. The van der Waals surface area contributed by atoms with Crippen molar-refractivity contribution in [2.45, 2.75) is 20.3 Å². The topological polar surface area (TPSA) is 26.0 Å². The summed E-state index contributed by atoms with van der Waals surface area (Å²) in [7, 11) is 0. The molecule has 0 saturated carbocycles. The molecule has 0 fully saturated rings. The average molecular weight is 237 g/mol. The second-order valence-corrected chi connectivity index (χ2v) is 4.91. The Bertz CT molecular complexity index is 544. The second-order valence-electron chi connectivity index (χ2n) is 4.91. The molecule has 1 heteroatoms. The van der Waals surface area contributed by atoms with Crippen LogP contribution < -0.4 is 5.73 Å². The van der Waals surface area contributed by atoms with Crippen molar-refractivity contribution in [2.75, 3.05) is 5.73 Å². The SMILES string of the molecule is C=C(C)c1ccc(Cc2cc(C)cc(N)c2)cc1. The average Bonchev–Trinajstić information content (AvgIpc) is 2.28. The van der Waals surface area contributed by atoms with Gasteiger partial charge in [0.15, 0.2) is 0 Å². The molecule has 0 heterocycles. The highest BCUT2D eigenvalue weighted by molar-refractivity contribution is 5.61. The molecule has 2 aromatic carbocycles. The molecular weight excluding hydrogens is 218 g/mol. The molecule has 0 amide bonds. The predicted octanol–water partition coefficient (Wildman–Crippen LogP) is 4.20. The van der Waals surface area contributed by atoms with E-state index in [-0.39, 0.29) is 0 Å². The molecule has 2 N–H and O–H groups in total. The highest BCUT2D eigenvalue weighted by Gasteiger charge is 2.00. The van der Waals surface area contributed by atoms with Crippen LogP contribution in [0.25, 0.3) is 5.57 Å². The van der Waals surface area contributed by atoms with E-state index >= 15 is 0 Å². The van der Waals surface area contributed by atoms with Crippen LogP contribution in [0.5, 0.6) is 0 Å². The summed E-state index contributed by atoms with van der Waals surface area (Å²) < 4.78 is 0. The standard InChI is InChI=1S/C17H19N/c1-12(2)16-6-4-14(5-7-16)10-15-8-13(3)9-17(18)11-15/h4-9,11H,1,10,18H2,2-3H3. The third-order valence-electron chi connectivity index (χ3n) is 3.01. The summed E-state index contributed by atoms with van der Waals surface area (Å²) in [5, 5.41) is 0. The van der Waals surface area contributed by atoms with Gasteiger partial charge in [-0.25, -0.2) is 0 Å². The highest BCUT2D eigenvalue weighted by atomic mass is 14.5. The number of allylic oxidation sites excluding steroid dienone is 1. The molecule has 0 atom stereocenters. The van der Waals surface area contributed by atoms with Crippen molar-refractivity contribution in [3.8, 4) is 0 Å². The van der Waals surface area contributed by atoms with E-state index in [1.54, 1.807) is 0 Å². The molecule has 0 spiro atoms. The van der Waals surface area contributed by atoms with Crippen LogP contribution in [0.3, 0.4) is 0 Å². The zero-order chi connectivity index (χ0) is 13.1. The van der Waals surface area contributed by atoms with E-state index in [9.17, 15) is 0 Å². The molecule has 2 rings (SSSR count). The van der Waals surface area contributed by atoms with Crippen LogP contribution in [-0.2, 0) is 6.42 Å². The van der Waals surface area contributed by atoms with Gasteiger partial charge in [0.1, 0.15) is 0 Å². The van der Waals surface area contributed by atoms with Crippen LogP contribution >= 0.6 is 0 Å². The van der Waals surface area contributed by atoms with Crippen molar-refractivity contribution in [3.05, 3.63) is 71.3 Å². The molecule has 0 aliphatic carbocycles. The molecule has 2 aromatic rings. The van der Waals surface area contributed by atoms with Gasteiger partial charge >= 0.3 is 0 Å². The summed E-state index contributed by atoms with van der Waals surface area (Å²) in [6.07, 6.45) is 0.919. The minimum Gasteiger partial charge on any atom is -0.399 e. The van der Waals surface area contributed by atoms with E-state index < -0.39 is 0 Å². The fraction of sp³-hybridized carbons (Fsp3) is 0.176. The number of anilines is 1. The third-order valence-corrected chi connectivity index (χ3v) is 3.01. The van der Waals surface area contributed by atoms with E-state index in [0.717, 1.165) is 17.7 Å². The maximum absolute atomic E-state index is 5.87. The highest BCUT2D eigenvalue weighted by Crippen LogP contribution is 2.17. The second kappa shape index (κ2) is 5.09. The van der Waals surface area contributed by atoms with Crippen molar-refractivity contribution >= 4 is 11.3 Å². The maximum Gasteiger partial charge on any atom is 0.0319 e. The molecule has 0 aliphatic heterocycles. The third kappa shape index (κ3) is 3.01. The minimum atomic E-state index is 0.837. The predicted molar refractivity (Wildman–Crippen MR) is 79.5 cm³/mol. The zero-order valence-electron chi connectivity index (χ0n) is 11.0. The van der Waals surface area contributed by atoms with Gasteiger partial charge in [0.2, 0.25) is 0 Å². The molecule has 0 radical (unpaired) electrons. The lowest BCUT2D eigenvalue weighted by Crippen LogP contribution is -1.93. The Morgan fingerprint density at radius 2 is 1.72 bits per heavy atom. The summed E-state index contributed by atoms with van der Waals surface area (Å²) in [6.45, 7) is 8.04. The molecule has 1 nitrogen and oxygen atoms in total. The molecule has 0 bridgehead atoms. The minimum absolute atomic E-state index is 0.837. The molecular formula is C17H19N. The number of hydrogen-bond donors (Lipinski definition) is 1. The summed E-state index contributed by atoms with van der Waals surface area (Å²) in [4.78, 5) is 0. The quantitative estimate of drug-likeness (QED) is 0.795. The van der Waals surface area contributed by atoms with Crippen LogP contribution in [0.4, 0.5) is 5.69 Å². The summed E-state index contributed by atoms with van der Waals surface area (Å²) in [6, 6.07) is 14.8. The number of aryl methyl sites for hydroxylation is 1. The van der Waals surface area contributed by atoms with Crippen molar-refractivity contribution in [3.63, 3.8) is 0 Å². The van der Waals surface area contributed by atoms with Gasteiger partial charge < -0.3 is 5.73 Å².